The number of ether oxygens (including phenoxy) is 1. The highest BCUT2D eigenvalue weighted by Crippen LogP contribution is 2.39. The van der Waals surface area contributed by atoms with E-state index in [1.807, 2.05) is 6.07 Å². The second-order valence-corrected chi connectivity index (χ2v) is 4.48. The number of H-pyrrole nitrogens is 1. The fourth-order valence-corrected chi connectivity index (χ4v) is 1.86. The van der Waals surface area contributed by atoms with Crippen molar-refractivity contribution in [3.63, 3.8) is 0 Å². The summed E-state index contributed by atoms with van der Waals surface area (Å²) in [4.78, 5) is 0. The van der Waals surface area contributed by atoms with Gasteiger partial charge in [-0.2, -0.15) is 5.10 Å². The van der Waals surface area contributed by atoms with Crippen molar-refractivity contribution >= 4 is 5.82 Å². The first-order valence-electron chi connectivity index (χ1n) is 5.75. The molecular formula is C13H17N3O2. The number of benzene rings is 1. The van der Waals surface area contributed by atoms with Crippen LogP contribution in [0.25, 0.3) is 11.3 Å². The molecule has 1 heterocycles. The molecule has 0 bridgehead atoms. The van der Waals surface area contributed by atoms with Crippen molar-refractivity contribution in [2.45, 2.75) is 19.8 Å². The van der Waals surface area contributed by atoms with Crippen LogP contribution >= 0.6 is 0 Å². The summed E-state index contributed by atoms with van der Waals surface area (Å²) in [5.74, 6) is 1.25. The van der Waals surface area contributed by atoms with Crippen molar-refractivity contribution in [1.29, 1.82) is 0 Å². The van der Waals surface area contributed by atoms with Crippen LogP contribution in [0.2, 0.25) is 0 Å². The van der Waals surface area contributed by atoms with Gasteiger partial charge in [0.2, 0.25) is 0 Å². The number of nitrogens with zero attached hydrogens (tertiary/aromatic N) is 1. The molecule has 0 saturated carbocycles. The number of nitrogen functional groups attached to an aromatic ring is 1. The summed E-state index contributed by atoms with van der Waals surface area (Å²) >= 11 is 0. The summed E-state index contributed by atoms with van der Waals surface area (Å²) in [6.07, 6.45) is 0. The number of anilines is 1. The fourth-order valence-electron chi connectivity index (χ4n) is 1.86. The quantitative estimate of drug-likeness (QED) is 0.778. The van der Waals surface area contributed by atoms with Gasteiger partial charge in [-0.25, -0.2) is 0 Å². The number of phenols is 1. The van der Waals surface area contributed by atoms with Gasteiger partial charge in [0, 0.05) is 11.6 Å². The zero-order valence-electron chi connectivity index (χ0n) is 10.7. The van der Waals surface area contributed by atoms with Crippen molar-refractivity contribution in [2.24, 2.45) is 0 Å². The average molecular weight is 247 g/mol. The number of nitrogens with two attached hydrogens (primary N) is 1. The van der Waals surface area contributed by atoms with Crippen LogP contribution in [0, 0.1) is 0 Å². The Kier molecular flexibility index (Phi) is 3.14. The summed E-state index contributed by atoms with van der Waals surface area (Å²) in [5, 5.41) is 16.7. The molecule has 0 radical (unpaired) electrons. The third-order valence-electron chi connectivity index (χ3n) is 2.85. The number of hydrogen-bond donors (Lipinski definition) is 3. The van der Waals surface area contributed by atoms with Gasteiger partial charge in [-0.1, -0.05) is 13.8 Å². The molecule has 0 atom stereocenters. The van der Waals surface area contributed by atoms with Crippen LogP contribution in [0.15, 0.2) is 18.2 Å². The van der Waals surface area contributed by atoms with Crippen molar-refractivity contribution in [3.05, 3.63) is 23.8 Å². The Balaban J connectivity index is 2.63. The van der Waals surface area contributed by atoms with Crippen molar-refractivity contribution in [1.82, 2.24) is 10.2 Å². The molecule has 1 aromatic heterocycles. The first kappa shape index (κ1) is 12.3. The second kappa shape index (κ2) is 4.60. The van der Waals surface area contributed by atoms with E-state index in [0.717, 1.165) is 16.8 Å². The van der Waals surface area contributed by atoms with E-state index in [9.17, 15) is 5.11 Å². The molecule has 4 N–H and O–H groups in total. The lowest BCUT2D eigenvalue weighted by Gasteiger charge is -2.13. The number of aromatic nitrogens is 2. The molecule has 0 fully saturated rings. The van der Waals surface area contributed by atoms with Gasteiger partial charge in [-0.05, 0) is 23.6 Å². The Bertz CT molecular complexity index is 561. The van der Waals surface area contributed by atoms with Crippen LogP contribution < -0.4 is 10.5 Å². The van der Waals surface area contributed by atoms with Crippen LogP contribution in [0.4, 0.5) is 5.82 Å². The van der Waals surface area contributed by atoms with Gasteiger partial charge in [0.1, 0.15) is 5.82 Å². The molecular weight excluding hydrogens is 230 g/mol. The minimum atomic E-state index is 0.117. The summed E-state index contributed by atoms with van der Waals surface area (Å²) in [6.45, 7) is 4.12. The first-order chi connectivity index (χ1) is 8.52. The zero-order chi connectivity index (χ0) is 13.3. The third-order valence-corrected chi connectivity index (χ3v) is 2.85. The molecule has 1 aromatic carbocycles. The minimum absolute atomic E-state index is 0.117. The number of phenolic OH excluding ortho intramolecular Hbond substituents is 1. The number of hydrogen-bond acceptors (Lipinski definition) is 4. The van der Waals surface area contributed by atoms with E-state index < -0.39 is 0 Å². The van der Waals surface area contributed by atoms with E-state index in [1.165, 1.54) is 7.11 Å². The van der Waals surface area contributed by atoms with E-state index in [4.69, 9.17) is 10.5 Å². The maximum absolute atomic E-state index is 10.00. The highest BCUT2D eigenvalue weighted by Gasteiger charge is 2.15. The van der Waals surface area contributed by atoms with Crippen molar-refractivity contribution in [2.75, 3.05) is 12.8 Å². The molecule has 18 heavy (non-hydrogen) atoms. The van der Waals surface area contributed by atoms with Gasteiger partial charge in [0.05, 0.1) is 12.8 Å². The van der Waals surface area contributed by atoms with Gasteiger partial charge < -0.3 is 15.6 Å². The molecule has 0 aliphatic heterocycles. The van der Waals surface area contributed by atoms with E-state index in [-0.39, 0.29) is 5.75 Å². The van der Waals surface area contributed by atoms with Crippen molar-refractivity contribution < 1.29 is 9.84 Å². The van der Waals surface area contributed by atoms with E-state index in [2.05, 4.69) is 24.0 Å². The molecule has 5 heteroatoms. The lowest BCUT2D eigenvalue weighted by Crippen LogP contribution is -1.94. The smallest absolute Gasteiger partial charge is 0.169 e. The maximum Gasteiger partial charge on any atom is 0.169 e. The topological polar surface area (TPSA) is 84.2 Å². The lowest BCUT2D eigenvalue weighted by atomic mass is 9.98. The van der Waals surface area contributed by atoms with E-state index >= 15 is 0 Å². The molecule has 0 aliphatic carbocycles. The lowest BCUT2D eigenvalue weighted by molar-refractivity contribution is 0.374. The Labute approximate surface area is 106 Å². The van der Waals surface area contributed by atoms with Gasteiger partial charge in [0.25, 0.3) is 0 Å². The molecule has 2 aromatic rings. The molecule has 0 amide bonds. The number of methoxy groups -OCH3 is 1. The van der Waals surface area contributed by atoms with Gasteiger partial charge in [-0.3, -0.25) is 5.10 Å². The van der Waals surface area contributed by atoms with Crippen LogP contribution in [0.5, 0.6) is 11.5 Å². The van der Waals surface area contributed by atoms with Crippen molar-refractivity contribution in [3.8, 4) is 22.8 Å². The molecule has 0 aliphatic rings. The fraction of sp³-hybridized carbons (Fsp3) is 0.308. The zero-order valence-corrected chi connectivity index (χ0v) is 10.7. The van der Waals surface area contributed by atoms with Gasteiger partial charge >= 0.3 is 0 Å². The predicted octanol–water partition coefficient (Wildman–Crippen LogP) is 2.50. The standard InChI is InChI=1S/C13H17N3O2/c1-7(2)8-4-9(10-6-12(14)16-15-10)13(18-3)11(17)5-8/h4-7,17H,1-3H3,(H3,14,15,16). The van der Waals surface area contributed by atoms with Gasteiger partial charge in [0.15, 0.2) is 11.5 Å². The minimum Gasteiger partial charge on any atom is -0.504 e. The molecule has 0 unspecified atom stereocenters. The summed E-state index contributed by atoms with van der Waals surface area (Å²) < 4.78 is 5.24. The molecule has 2 rings (SSSR count). The maximum atomic E-state index is 10.00. The average Bonchev–Trinajstić information content (AvgIpc) is 2.74. The van der Waals surface area contributed by atoms with Crippen LogP contribution in [0.3, 0.4) is 0 Å². The number of aromatic hydroxyl groups is 1. The highest BCUT2D eigenvalue weighted by atomic mass is 16.5. The summed E-state index contributed by atoms with van der Waals surface area (Å²) in [6, 6.07) is 5.39. The Morgan fingerprint density at radius 3 is 2.56 bits per heavy atom. The number of nitrogens with one attached hydrogen (secondary N) is 1. The summed E-state index contributed by atoms with van der Waals surface area (Å²) in [5.41, 5.74) is 8.10. The second-order valence-electron chi connectivity index (χ2n) is 4.48. The molecule has 0 spiro atoms. The number of rotatable bonds is 3. The largest absolute Gasteiger partial charge is 0.504 e. The number of aromatic amines is 1. The van der Waals surface area contributed by atoms with E-state index in [0.29, 0.717) is 17.5 Å². The van der Waals surface area contributed by atoms with Crippen LogP contribution in [0.1, 0.15) is 25.3 Å². The Hall–Kier alpha value is -2.17. The SMILES string of the molecule is COc1c(O)cc(C(C)C)cc1-c1cc(N)n[nH]1. The third kappa shape index (κ3) is 2.11. The Morgan fingerprint density at radius 1 is 1.33 bits per heavy atom. The Morgan fingerprint density at radius 2 is 2.06 bits per heavy atom. The van der Waals surface area contributed by atoms with Crippen LogP contribution in [-0.4, -0.2) is 22.4 Å². The molecule has 0 saturated heterocycles. The van der Waals surface area contributed by atoms with Gasteiger partial charge in [-0.15, -0.1) is 0 Å². The molecule has 5 nitrogen and oxygen atoms in total. The summed E-state index contributed by atoms with van der Waals surface area (Å²) in [7, 11) is 1.52. The predicted molar refractivity (Wildman–Crippen MR) is 70.7 cm³/mol. The van der Waals surface area contributed by atoms with Crippen LogP contribution in [-0.2, 0) is 0 Å². The monoisotopic (exact) mass is 247 g/mol. The normalized spacial score (nSPS) is 10.9. The first-order valence-corrected chi connectivity index (χ1v) is 5.75. The molecule has 96 valence electrons. The highest BCUT2D eigenvalue weighted by molar-refractivity contribution is 5.73. The van der Waals surface area contributed by atoms with E-state index in [1.54, 1.807) is 12.1 Å².